The summed E-state index contributed by atoms with van der Waals surface area (Å²) in [5.41, 5.74) is 2.98. The molecule has 7 heteroatoms. The highest BCUT2D eigenvalue weighted by Crippen LogP contribution is 2.30. The summed E-state index contributed by atoms with van der Waals surface area (Å²) in [6.07, 6.45) is 0. The topological polar surface area (TPSA) is 56.8 Å². The van der Waals surface area contributed by atoms with Crippen LogP contribution in [0.15, 0.2) is 42.5 Å². The largest absolute Gasteiger partial charge is 0.353 e. The molecule has 0 radical (unpaired) electrons. The fraction of sp³-hybridized carbons (Fsp3) is 0.348. The Morgan fingerprint density at radius 1 is 1.00 bits per heavy atom. The van der Waals surface area contributed by atoms with Gasteiger partial charge in [0.05, 0.1) is 11.2 Å². The number of anilines is 1. The van der Waals surface area contributed by atoms with Crippen LogP contribution < -0.4 is 4.90 Å². The van der Waals surface area contributed by atoms with Gasteiger partial charge in [0.1, 0.15) is 5.82 Å². The molecule has 0 atom stereocenters. The van der Waals surface area contributed by atoms with E-state index in [2.05, 4.69) is 32.4 Å². The number of amides is 1. The Hall–Kier alpha value is -2.77. The van der Waals surface area contributed by atoms with E-state index in [1.165, 1.54) is 10.1 Å². The third-order valence-corrected chi connectivity index (χ3v) is 6.91. The van der Waals surface area contributed by atoms with E-state index in [1.807, 2.05) is 24.3 Å². The summed E-state index contributed by atoms with van der Waals surface area (Å²) in [4.78, 5) is 30.8. The monoisotopic (exact) mass is 420 g/mol. The number of Topliss-reactive ketones (excluding diaryl/α,β-unsaturated/α-hetero) is 1. The van der Waals surface area contributed by atoms with E-state index < -0.39 is 0 Å². The van der Waals surface area contributed by atoms with Gasteiger partial charge in [-0.15, -0.1) is 0 Å². The lowest BCUT2D eigenvalue weighted by atomic mass is 10.0. The van der Waals surface area contributed by atoms with Crippen molar-refractivity contribution in [3.8, 4) is 0 Å². The molecule has 154 valence electrons. The molecule has 0 aliphatic carbocycles. The molecular weight excluding hydrogens is 396 g/mol. The molecule has 0 N–H and O–H groups in total. The average molecular weight is 421 g/mol. The van der Waals surface area contributed by atoms with Gasteiger partial charge in [-0.25, -0.2) is 0 Å². The zero-order valence-corrected chi connectivity index (χ0v) is 17.8. The van der Waals surface area contributed by atoms with E-state index in [-0.39, 0.29) is 11.7 Å². The minimum Gasteiger partial charge on any atom is -0.353 e. The van der Waals surface area contributed by atoms with Crippen molar-refractivity contribution in [2.24, 2.45) is 0 Å². The minimum absolute atomic E-state index is 0.0739. The van der Waals surface area contributed by atoms with Crippen molar-refractivity contribution in [1.82, 2.24) is 14.2 Å². The highest BCUT2D eigenvalue weighted by atomic mass is 32.1. The van der Waals surface area contributed by atoms with E-state index in [4.69, 9.17) is 0 Å². The first-order valence-electron chi connectivity index (χ1n) is 10.3. The molecule has 0 saturated carbocycles. The molecule has 0 spiro atoms. The number of hydrogen-bond donors (Lipinski definition) is 0. The first-order chi connectivity index (χ1) is 14.6. The molecule has 2 aliphatic rings. The molecule has 2 aliphatic heterocycles. The lowest BCUT2D eigenvalue weighted by Crippen LogP contribution is -2.48. The molecule has 1 fully saturated rings. The van der Waals surface area contributed by atoms with Crippen LogP contribution in [0.25, 0.3) is 10.1 Å². The van der Waals surface area contributed by atoms with Gasteiger partial charge in [-0.3, -0.25) is 14.5 Å². The summed E-state index contributed by atoms with van der Waals surface area (Å²) in [5.74, 6) is 1.28. The van der Waals surface area contributed by atoms with Gasteiger partial charge in [-0.05, 0) is 40.9 Å². The van der Waals surface area contributed by atoms with E-state index in [0.717, 1.165) is 48.7 Å². The fourth-order valence-electron chi connectivity index (χ4n) is 4.30. The third kappa shape index (κ3) is 3.59. The number of benzene rings is 2. The summed E-state index contributed by atoms with van der Waals surface area (Å²) in [5, 5.41) is 1.21. The predicted molar refractivity (Wildman–Crippen MR) is 119 cm³/mol. The standard InChI is InChI=1S/C23H24N4O2S/c1-16(28)27-13-18-7-6-17(12-19(18)14-27)21(29)15-25-8-10-26(11-9-25)23-20-4-2-3-5-22(20)30-24-23/h2-7,12H,8-11,13-15H2,1H3. The lowest BCUT2D eigenvalue weighted by Gasteiger charge is -2.34. The average Bonchev–Trinajstić information content (AvgIpc) is 3.38. The first-order valence-corrected chi connectivity index (χ1v) is 11.1. The summed E-state index contributed by atoms with van der Waals surface area (Å²) in [7, 11) is 0. The van der Waals surface area contributed by atoms with Crippen LogP contribution in [-0.2, 0) is 17.9 Å². The van der Waals surface area contributed by atoms with Gasteiger partial charge >= 0.3 is 0 Å². The van der Waals surface area contributed by atoms with Crippen molar-refractivity contribution in [2.45, 2.75) is 20.0 Å². The Morgan fingerprint density at radius 3 is 2.57 bits per heavy atom. The van der Waals surface area contributed by atoms with Crippen molar-refractivity contribution in [3.63, 3.8) is 0 Å². The van der Waals surface area contributed by atoms with Crippen LogP contribution in [0.2, 0.25) is 0 Å². The number of carbonyl (C=O) groups excluding carboxylic acids is 2. The normalized spacial score (nSPS) is 16.8. The van der Waals surface area contributed by atoms with E-state index in [0.29, 0.717) is 19.6 Å². The Morgan fingerprint density at radius 2 is 1.77 bits per heavy atom. The van der Waals surface area contributed by atoms with Gasteiger partial charge < -0.3 is 9.80 Å². The molecule has 1 saturated heterocycles. The third-order valence-electron chi connectivity index (χ3n) is 6.09. The molecule has 3 heterocycles. The maximum atomic E-state index is 12.9. The molecule has 30 heavy (non-hydrogen) atoms. The van der Waals surface area contributed by atoms with Gasteiger partial charge in [0.2, 0.25) is 5.91 Å². The van der Waals surface area contributed by atoms with E-state index in [9.17, 15) is 9.59 Å². The molecule has 3 aromatic rings. The Labute approximate surface area is 179 Å². The smallest absolute Gasteiger partial charge is 0.220 e. The maximum Gasteiger partial charge on any atom is 0.220 e. The van der Waals surface area contributed by atoms with E-state index >= 15 is 0 Å². The van der Waals surface area contributed by atoms with Crippen LogP contribution in [0, 0.1) is 0 Å². The summed E-state index contributed by atoms with van der Waals surface area (Å²) in [6.45, 7) is 6.71. The van der Waals surface area contributed by atoms with Crippen LogP contribution in [0.3, 0.4) is 0 Å². The van der Waals surface area contributed by atoms with Crippen LogP contribution in [0.1, 0.15) is 28.4 Å². The summed E-state index contributed by atoms with van der Waals surface area (Å²) < 4.78 is 5.87. The van der Waals surface area contributed by atoms with Crippen LogP contribution in [0.4, 0.5) is 5.82 Å². The van der Waals surface area contributed by atoms with Crippen molar-refractivity contribution in [2.75, 3.05) is 37.6 Å². The van der Waals surface area contributed by atoms with Crippen molar-refractivity contribution in [1.29, 1.82) is 0 Å². The SMILES string of the molecule is CC(=O)N1Cc2ccc(C(=O)CN3CCN(c4nsc5ccccc45)CC3)cc2C1. The number of fused-ring (bicyclic) bond motifs is 2. The number of piperazine rings is 1. The van der Waals surface area contributed by atoms with Gasteiger partial charge in [0, 0.05) is 57.1 Å². The zero-order valence-electron chi connectivity index (χ0n) is 17.0. The number of rotatable bonds is 4. The molecule has 0 unspecified atom stereocenters. The molecular formula is C23H24N4O2S. The number of ketones is 1. The minimum atomic E-state index is 0.0739. The number of carbonyl (C=O) groups is 2. The lowest BCUT2D eigenvalue weighted by molar-refractivity contribution is -0.129. The highest BCUT2D eigenvalue weighted by molar-refractivity contribution is 7.13. The van der Waals surface area contributed by atoms with Crippen molar-refractivity contribution in [3.05, 3.63) is 59.2 Å². The Kier molecular flexibility index (Phi) is 5.00. The molecule has 1 amide bonds. The first kappa shape index (κ1) is 19.2. The second kappa shape index (κ2) is 7.81. The van der Waals surface area contributed by atoms with Gasteiger partial charge in [-0.2, -0.15) is 4.37 Å². The molecule has 2 aromatic carbocycles. The van der Waals surface area contributed by atoms with Crippen LogP contribution >= 0.6 is 11.5 Å². The highest BCUT2D eigenvalue weighted by Gasteiger charge is 2.24. The second-order valence-corrected chi connectivity index (χ2v) is 8.85. The predicted octanol–water partition coefficient (Wildman–Crippen LogP) is 3.16. The molecule has 0 bridgehead atoms. The van der Waals surface area contributed by atoms with E-state index in [1.54, 1.807) is 23.4 Å². The quantitative estimate of drug-likeness (QED) is 0.607. The van der Waals surface area contributed by atoms with Gasteiger partial charge in [0.15, 0.2) is 5.78 Å². The zero-order chi connectivity index (χ0) is 20.7. The van der Waals surface area contributed by atoms with Gasteiger partial charge in [-0.1, -0.05) is 24.3 Å². The number of hydrogen-bond acceptors (Lipinski definition) is 6. The second-order valence-electron chi connectivity index (χ2n) is 8.05. The fourth-order valence-corrected chi connectivity index (χ4v) is 5.10. The number of nitrogens with zero attached hydrogens (tertiary/aromatic N) is 4. The molecule has 6 nitrogen and oxygen atoms in total. The molecule has 1 aromatic heterocycles. The van der Waals surface area contributed by atoms with Crippen molar-refractivity contribution < 1.29 is 9.59 Å². The van der Waals surface area contributed by atoms with Crippen molar-refractivity contribution >= 4 is 39.1 Å². The van der Waals surface area contributed by atoms with Gasteiger partial charge in [0.25, 0.3) is 0 Å². The summed E-state index contributed by atoms with van der Waals surface area (Å²) >= 11 is 1.54. The Bertz CT molecular complexity index is 1120. The number of aromatic nitrogens is 1. The Balaban J connectivity index is 1.21. The maximum absolute atomic E-state index is 12.9. The molecule has 5 rings (SSSR count). The summed E-state index contributed by atoms with van der Waals surface area (Å²) in [6, 6.07) is 14.2. The van der Waals surface area contributed by atoms with Crippen LogP contribution in [0.5, 0.6) is 0 Å². The van der Waals surface area contributed by atoms with Crippen LogP contribution in [-0.4, -0.2) is 58.6 Å².